The van der Waals surface area contributed by atoms with E-state index in [1.54, 1.807) is 23.1 Å². The second-order valence-electron chi connectivity index (χ2n) is 4.76. The molecular formula is C14H15BrN2S2. The highest BCUT2D eigenvalue weighted by molar-refractivity contribution is 9.10. The van der Waals surface area contributed by atoms with Crippen LogP contribution in [-0.4, -0.2) is 11.0 Å². The molecule has 0 unspecified atom stereocenters. The predicted molar refractivity (Wildman–Crippen MR) is 85.0 cm³/mol. The van der Waals surface area contributed by atoms with Crippen molar-refractivity contribution >= 4 is 39.0 Å². The van der Waals surface area contributed by atoms with Crippen LogP contribution in [0, 0.1) is 6.92 Å². The van der Waals surface area contributed by atoms with Gasteiger partial charge in [-0.15, -0.1) is 11.3 Å². The van der Waals surface area contributed by atoms with E-state index in [2.05, 4.69) is 49.8 Å². The maximum absolute atomic E-state index is 4.53. The Balaban J connectivity index is 1.77. The van der Waals surface area contributed by atoms with Crippen molar-refractivity contribution in [3.8, 4) is 0 Å². The van der Waals surface area contributed by atoms with E-state index >= 15 is 0 Å². The van der Waals surface area contributed by atoms with Crippen LogP contribution in [0.15, 0.2) is 37.3 Å². The Labute approximate surface area is 130 Å². The van der Waals surface area contributed by atoms with E-state index in [-0.39, 0.29) is 0 Å². The molecule has 1 aromatic carbocycles. The van der Waals surface area contributed by atoms with E-state index in [1.165, 1.54) is 23.3 Å². The smallest absolute Gasteiger partial charge is 0.154 e. The molecule has 1 aliphatic rings. The first kappa shape index (κ1) is 13.6. The molecule has 0 amide bonds. The minimum absolute atomic E-state index is 0.735. The van der Waals surface area contributed by atoms with Gasteiger partial charge >= 0.3 is 0 Å². The second kappa shape index (κ2) is 5.95. The summed E-state index contributed by atoms with van der Waals surface area (Å²) >= 11 is 7.03. The molecule has 0 radical (unpaired) electrons. The lowest BCUT2D eigenvalue weighted by atomic mass is 10.2. The van der Waals surface area contributed by atoms with Gasteiger partial charge in [-0.3, -0.25) is 0 Å². The Morgan fingerprint density at radius 2 is 2.32 bits per heavy atom. The Bertz CT molecular complexity index is 579. The fourth-order valence-electron chi connectivity index (χ4n) is 1.80. The van der Waals surface area contributed by atoms with Gasteiger partial charge < -0.3 is 5.32 Å². The van der Waals surface area contributed by atoms with E-state index in [0.717, 1.165) is 27.1 Å². The van der Waals surface area contributed by atoms with Gasteiger partial charge in [-0.1, -0.05) is 27.7 Å². The van der Waals surface area contributed by atoms with Crippen LogP contribution in [-0.2, 0) is 6.54 Å². The van der Waals surface area contributed by atoms with Crippen LogP contribution < -0.4 is 5.32 Å². The Hall–Kier alpha value is -0.360. The van der Waals surface area contributed by atoms with Crippen LogP contribution in [0.3, 0.4) is 0 Å². The number of nitrogens with one attached hydrogen (secondary N) is 1. The standard InChI is InChI=1S/C14H15BrN2S2/c1-9-8-18-14(17-9)19-13-5-2-11(15)6-10(13)7-16-12-3-4-12/h2,5-6,8,12,16H,3-4,7H2,1H3. The molecule has 0 bridgehead atoms. The number of thiazole rings is 1. The van der Waals surface area contributed by atoms with Crippen LogP contribution in [0.4, 0.5) is 0 Å². The monoisotopic (exact) mass is 354 g/mol. The Morgan fingerprint density at radius 3 is 3.00 bits per heavy atom. The second-order valence-corrected chi connectivity index (χ2v) is 7.83. The molecule has 1 fully saturated rings. The van der Waals surface area contributed by atoms with Crippen LogP contribution in [0.2, 0.25) is 0 Å². The van der Waals surface area contributed by atoms with Crippen molar-refractivity contribution in [2.75, 3.05) is 0 Å². The first-order valence-electron chi connectivity index (χ1n) is 6.32. The van der Waals surface area contributed by atoms with Crippen LogP contribution in [0.1, 0.15) is 24.1 Å². The van der Waals surface area contributed by atoms with E-state index in [9.17, 15) is 0 Å². The summed E-state index contributed by atoms with van der Waals surface area (Å²) in [5.74, 6) is 0. The average molecular weight is 355 g/mol. The Kier molecular flexibility index (Phi) is 4.27. The van der Waals surface area contributed by atoms with Gasteiger partial charge in [0.05, 0.1) is 0 Å². The number of halogens is 1. The summed E-state index contributed by atoms with van der Waals surface area (Å²) in [6.07, 6.45) is 2.64. The normalized spacial score (nSPS) is 14.8. The lowest BCUT2D eigenvalue weighted by molar-refractivity contribution is 0.680. The van der Waals surface area contributed by atoms with Gasteiger partial charge in [-0.05, 0) is 43.5 Å². The molecule has 0 atom stereocenters. The number of rotatable bonds is 5. The van der Waals surface area contributed by atoms with Gasteiger partial charge in [0, 0.05) is 33.0 Å². The summed E-state index contributed by atoms with van der Waals surface area (Å²) < 4.78 is 2.26. The molecule has 100 valence electrons. The molecule has 0 spiro atoms. The molecule has 1 saturated carbocycles. The third-order valence-corrected chi connectivity index (χ3v) is 5.64. The van der Waals surface area contributed by atoms with Crippen LogP contribution in [0.25, 0.3) is 0 Å². The first-order chi connectivity index (χ1) is 9.20. The average Bonchev–Trinajstić information content (AvgIpc) is 3.13. The number of benzene rings is 1. The maximum atomic E-state index is 4.53. The fourth-order valence-corrected chi connectivity index (χ4v) is 4.11. The van der Waals surface area contributed by atoms with Gasteiger partial charge in [-0.2, -0.15) is 0 Å². The predicted octanol–water partition coefficient (Wildman–Crippen LogP) is 4.62. The van der Waals surface area contributed by atoms with E-state index in [1.807, 2.05) is 6.92 Å². The number of nitrogens with zero attached hydrogens (tertiary/aromatic N) is 1. The minimum Gasteiger partial charge on any atom is -0.310 e. The molecule has 5 heteroatoms. The molecule has 3 rings (SSSR count). The van der Waals surface area contributed by atoms with Crippen molar-refractivity contribution in [1.29, 1.82) is 0 Å². The molecule has 19 heavy (non-hydrogen) atoms. The largest absolute Gasteiger partial charge is 0.310 e. The molecule has 1 heterocycles. The molecule has 1 aliphatic carbocycles. The zero-order valence-corrected chi connectivity index (χ0v) is 13.9. The van der Waals surface area contributed by atoms with Crippen molar-refractivity contribution in [2.45, 2.75) is 41.6 Å². The van der Waals surface area contributed by atoms with Crippen molar-refractivity contribution in [1.82, 2.24) is 10.3 Å². The highest BCUT2D eigenvalue weighted by atomic mass is 79.9. The fraction of sp³-hybridized carbons (Fsp3) is 0.357. The highest BCUT2D eigenvalue weighted by Gasteiger charge is 2.20. The molecule has 2 aromatic rings. The summed E-state index contributed by atoms with van der Waals surface area (Å²) in [5.41, 5.74) is 2.45. The van der Waals surface area contributed by atoms with Gasteiger partial charge in [0.15, 0.2) is 4.34 Å². The first-order valence-corrected chi connectivity index (χ1v) is 8.81. The van der Waals surface area contributed by atoms with Crippen molar-refractivity contribution in [3.05, 3.63) is 39.3 Å². The summed E-state index contributed by atoms with van der Waals surface area (Å²) in [4.78, 5) is 5.82. The number of aromatic nitrogens is 1. The SMILES string of the molecule is Cc1csc(Sc2ccc(Br)cc2CNC2CC2)n1. The van der Waals surface area contributed by atoms with Crippen molar-refractivity contribution < 1.29 is 0 Å². The molecule has 2 nitrogen and oxygen atoms in total. The third kappa shape index (κ3) is 3.81. The van der Waals surface area contributed by atoms with E-state index < -0.39 is 0 Å². The minimum atomic E-state index is 0.735. The van der Waals surface area contributed by atoms with Gasteiger partial charge in [0.2, 0.25) is 0 Å². The molecule has 0 aliphatic heterocycles. The van der Waals surface area contributed by atoms with Crippen molar-refractivity contribution in [2.24, 2.45) is 0 Å². The van der Waals surface area contributed by atoms with E-state index in [0.29, 0.717) is 0 Å². The summed E-state index contributed by atoms with van der Waals surface area (Å²) in [5, 5.41) is 5.68. The number of hydrogen-bond donors (Lipinski definition) is 1. The zero-order chi connectivity index (χ0) is 13.2. The zero-order valence-electron chi connectivity index (χ0n) is 10.6. The maximum Gasteiger partial charge on any atom is 0.154 e. The van der Waals surface area contributed by atoms with E-state index in [4.69, 9.17) is 0 Å². The topological polar surface area (TPSA) is 24.9 Å². The summed E-state index contributed by atoms with van der Waals surface area (Å²) in [6.45, 7) is 2.98. The molecular weight excluding hydrogens is 340 g/mol. The lowest BCUT2D eigenvalue weighted by Crippen LogP contribution is -2.15. The quantitative estimate of drug-likeness (QED) is 0.847. The number of hydrogen-bond acceptors (Lipinski definition) is 4. The third-order valence-electron chi connectivity index (χ3n) is 2.98. The van der Waals surface area contributed by atoms with Crippen LogP contribution >= 0.6 is 39.0 Å². The summed E-state index contributed by atoms with van der Waals surface area (Å²) in [7, 11) is 0. The highest BCUT2D eigenvalue weighted by Crippen LogP contribution is 2.34. The van der Waals surface area contributed by atoms with Gasteiger partial charge in [0.25, 0.3) is 0 Å². The molecule has 1 aromatic heterocycles. The summed E-state index contributed by atoms with van der Waals surface area (Å²) in [6, 6.07) is 7.22. The van der Waals surface area contributed by atoms with Crippen molar-refractivity contribution in [3.63, 3.8) is 0 Å². The van der Waals surface area contributed by atoms with Gasteiger partial charge in [-0.25, -0.2) is 4.98 Å². The van der Waals surface area contributed by atoms with Crippen LogP contribution in [0.5, 0.6) is 0 Å². The Morgan fingerprint density at radius 1 is 1.47 bits per heavy atom. The van der Waals surface area contributed by atoms with Gasteiger partial charge in [0.1, 0.15) is 0 Å². The molecule has 1 N–H and O–H groups in total. The molecule has 0 saturated heterocycles. The lowest BCUT2D eigenvalue weighted by Gasteiger charge is -2.09. The number of aryl methyl sites for hydroxylation is 1.